The highest BCUT2D eigenvalue weighted by Gasteiger charge is 2.25. The Hall–Kier alpha value is -2.29. The summed E-state index contributed by atoms with van der Waals surface area (Å²) in [7, 11) is -2.69. The van der Waals surface area contributed by atoms with Crippen molar-refractivity contribution in [3.63, 3.8) is 0 Å². The molecule has 0 amide bonds. The summed E-state index contributed by atoms with van der Waals surface area (Å²) in [5.41, 5.74) is -0.508. The van der Waals surface area contributed by atoms with Gasteiger partial charge in [0.15, 0.2) is 21.5 Å². The molecule has 0 aliphatic carbocycles. The predicted octanol–water partition coefficient (Wildman–Crippen LogP) is 1.37. The van der Waals surface area contributed by atoms with Gasteiger partial charge in [0.2, 0.25) is 0 Å². The molecule has 1 aromatic heterocycles. The van der Waals surface area contributed by atoms with Gasteiger partial charge < -0.3 is 5.11 Å². The summed E-state index contributed by atoms with van der Waals surface area (Å²) in [6.07, 6.45) is 1.50. The van der Waals surface area contributed by atoms with E-state index in [1.165, 1.54) is 16.9 Å². The lowest BCUT2D eigenvalue weighted by Gasteiger charge is -2.06. The number of carboxylic acids is 1. The first-order chi connectivity index (χ1) is 9.70. The molecule has 2 aromatic rings. The van der Waals surface area contributed by atoms with Crippen LogP contribution in [0.3, 0.4) is 0 Å². The highest BCUT2D eigenvalue weighted by atomic mass is 32.2. The molecule has 2 rings (SSSR count). The number of carbonyl (C=O) groups is 1. The van der Waals surface area contributed by atoms with Crippen molar-refractivity contribution in [3.8, 4) is 0 Å². The van der Waals surface area contributed by atoms with Crippen molar-refractivity contribution >= 4 is 15.8 Å². The molecule has 0 bridgehead atoms. The molecule has 1 N–H and O–H groups in total. The molecule has 9 heteroatoms. The van der Waals surface area contributed by atoms with Crippen LogP contribution in [0.5, 0.6) is 0 Å². The van der Waals surface area contributed by atoms with Crippen LogP contribution in [0.15, 0.2) is 29.3 Å². The summed E-state index contributed by atoms with van der Waals surface area (Å²) >= 11 is 0. The second-order valence-electron chi connectivity index (χ2n) is 4.32. The molecule has 0 aliphatic heterocycles. The SMILES string of the molecule is Cn1ccc(CS(=O)(=O)c2cc(C(=O)O)cc(F)c2F)n1. The zero-order valence-corrected chi connectivity index (χ0v) is 11.6. The standard InChI is InChI=1S/C12H10F2N2O4S/c1-16-3-2-8(15-16)6-21(19,20)10-5-7(12(17)18)4-9(13)11(10)14/h2-5H,6H2,1H3,(H,17,18). The highest BCUT2D eigenvalue weighted by molar-refractivity contribution is 7.90. The van der Waals surface area contributed by atoms with Gasteiger partial charge in [-0.05, 0) is 18.2 Å². The number of hydrogen-bond donors (Lipinski definition) is 1. The van der Waals surface area contributed by atoms with Crippen LogP contribution in [-0.4, -0.2) is 29.3 Å². The summed E-state index contributed by atoms with van der Waals surface area (Å²) in [6, 6.07) is 2.43. The summed E-state index contributed by atoms with van der Waals surface area (Å²) in [5.74, 6) is -5.35. The van der Waals surface area contributed by atoms with Crippen LogP contribution in [0, 0.1) is 11.6 Å². The van der Waals surface area contributed by atoms with E-state index in [-0.39, 0.29) is 5.69 Å². The molecular formula is C12H10F2N2O4S. The van der Waals surface area contributed by atoms with E-state index in [0.29, 0.717) is 12.1 Å². The van der Waals surface area contributed by atoms with Crippen LogP contribution in [0.4, 0.5) is 8.78 Å². The van der Waals surface area contributed by atoms with Crippen LogP contribution < -0.4 is 0 Å². The summed E-state index contributed by atoms with van der Waals surface area (Å²) in [6.45, 7) is 0. The second-order valence-corrected chi connectivity index (χ2v) is 6.27. The Morgan fingerprint density at radius 3 is 2.57 bits per heavy atom. The molecule has 0 radical (unpaired) electrons. The fraction of sp³-hybridized carbons (Fsp3) is 0.167. The summed E-state index contributed by atoms with van der Waals surface area (Å²) in [5, 5.41) is 12.6. The molecule has 0 aliphatic rings. The third-order valence-corrected chi connectivity index (χ3v) is 4.33. The number of aryl methyl sites for hydroxylation is 1. The van der Waals surface area contributed by atoms with Crippen molar-refractivity contribution in [2.75, 3.05) is 0 Å². The zero-order chi connectivity index (χ0) is 15.8. The minimum absolute atomic E-state index is 0.137. The first-order valence-corrected chi connectivity index (χ1v) is 7.29. The van der Waals surface area contributed by atoms with Crippen molar-refractivity contribution < 1.29 is 27.1 Å². The lowest BCUT2D eigenvalue weighted by molar-refractivity contribution is 0.0696. The van der Waals surface area contributed by atoms with Gasteiger partial charge in [0.05, 0.1) is 17.0 Å². The van der Waals surface area contributed by atoms with E-state index in [1.807, 2.05) is 0 Å². The van der Waals surface area contributed by atoms with Crippen molar-refractivity contribution in [3.05, 3.63) is 47.3 Å². The number of benzene rings is 1. The Bertz CT molecular complexity index is 815. The van der Waals surface area contributed by atoms with Gasteiger partial charge in [0.1, 0.15) is 4.90 Å². The molecule has 0 spiro atoms. The number of carboxylic acid groups (broad SMARTS) is 1. The number of aromatic carboxylic acids is 1. The average Bonchev–Trinajstić information content (AvgIpc) is 2.76. The summed E-state index contributed by atoms with van der Waals surface area (Å²) in [4.78, 5) is 9.81. The van der Waals surface area contributed by atoms with E-state index in [4.69, 9.17) is 5.11 Å². The van der Waals surface area contributed by atoms with Crippen molar-refractivity contribution in [1.29, 1.82) is 0 Å². The number of hydrogen-bond acceptors (Lipinski definition) is 4. The highest BCUT2D eigenvalue weighted by Crippen LogP contribution is 2.23. The number of halogens is 2. The molecule has 0 saturated heterocycles. The van der Waals surface area contributed by atoms with Crippen LogP contribution in [0.25, 0.3) is 0 Å². The van der Waals surface area contributed by atoms with E-state index in [0.717, 1.165) is 0 Å². The smallest absolute Gasteiger partial charge is 0.335 e. The van der Waals surface area contributed by atoms with Crippen molar-refractivity contribution in [2.24, 2.45) is 7.05 Å². The maximum Gasteiger partial charge on any atom is 0.335 e. The monoisotopic (exact) mass is 316 g/mol. The fourth-order valence-corrected chi connectivity index (χ4v) is 3.10. The predicted molar refractivity (Wildman–Crippen MR) is 67.4 cm³/mol. The van der Waals surface area contributed by atoms with Crippen LogP contribution >= 0.6 is 0 Å². The van der Waals surface area contributed by atoms with Gasteiger partial charge in [-0.3, -0.25) is 4.68 Å². The Balaban J connectivity index is 2.51. The molecule has 6 nitrogen and oxygen atoms in total. The fourth-order valence-electron chi connectivity index (χ4n) is 1.73. The van der Waals surface area contributed by atoms with Gasteiger partial charge in [-0.15, -0.1) is 0 Å². The topological polar surface area (TPSA) is 89.3 Å². The number of rotatable bonds is 4. The molecule has 112 valence electrons. The molecule has 0 fully saturated rings. The summed E-state index contributed by atoms with van der Waals surface area (Å²) < 4.78 is 52.6. The first-order valence-electron chi connectivity index (χ1n) is 5.64. The third-order valence-electron chi connectivity index (χ3n) is 2.68. The molecule has 0 saturated carbocycles. The maximum atomic E-state index is 13.7. The largest absolute Gasteiger partial charge is 0.478 e. The zero-order valence-electron chi connectivity index (χ0n) is 10.7. The van der Waals surface area contributed by atoms with E-state index in [1.54, 1.807) is 7.05 Å². The molecule has 0 unspecified atom stereocenters. The Morgan fingerprint density at radius 1 is 1.38 bits per heavy atom. The Labute approximate surface area is 118 Å². The molecule has 1 heterocycles. The number of aromatic nitrogens is 2. The minimum atomic E-state index is -4.26. The average molecular weight is 316 g/mol. The number of sulfone groups is 1. The van der Waals surface area contributed by atoms with Gasteiger partial charge in [-0.2, -0.15) is 5.10 Å². The van der Waals surface area contributed by atoms with Gasteiger partial charge in [0.25, 0.3) is 0 Å². The van der Waals surface area contributed by atoms with Crippen molar-refractivity contribution in [1.82, 2.24) is 9.78 Å². The quantitative estimate of drug-likeness (QED) is 0.920. The first kappa shape index (κ1) is 15.1. The van der Waals surface area contributed by atoms with Gasteiger partial charge in [-0.1, -0.05) is 0 Å². The van der Waals surface area contributed by atoms with Crippen LogP contribution in [0.2, 0.25) is 0 Å². The molecule has 1 aromatic carbocycles. The van der Waals surface area contributed by atoms with E-state index in [2.05, 4.69) is 5.10 Å². The van der Waals surface area contributed by atoms with Crippen LogP contribution in [-0.2, 0) is 22.6 Å². The molecule has 0 atom stereocenters. The van der Waals surface area contributed by atoms with Gasteiger partial charge in [0, 0.05) is 13.2 Å². The molecule has 21 heavy (non-hydrogen) atoms. The van der Waals surface area contributed by atoms with Gasteiger partial charge >= 0.3 is 5.97 Å². The van der Waals surface area contributed by atoms with Crippen molar-refractivity contribution in [2.45, 2.75) is 10.6 Å². The van der Waals surface area contributed by atoms with E-state index in [9.17, 15) is 22.0 Å². The van der Waals surface area contributed by atoms with E-state index < -0.39 is 43.7 Å². The number of nitrogens with zero attached hydrogens (tertiary/aromatic N) is 2. The second kappa shape index (κ2) is 5.24. The van der Waals surface area contributed by atoms with Crippen LogP contribution in [0.1, 0.15) is 16.1 Å². The lowest BCUT2D eigenvalue weighted by Crippen LogP contribution is -2.11. The Morgan fingerprint density at radius 2 is 2.05 bits per heavy atom. The maximum absolute atomic E-state index is 13.7. The Kier molecular flexibility index (Phi) is 3.77. The normalized spacial score (nSPS) is 11.6. The third kappa shape index (κ3) is 3.07. The van der Waals surface area contributed by atoms with E-state index >= 15 is 0 Å². The molecular weight excluding hydrogens is 306 g/mol. The minimum Gasteiger partial charge on any atom is -0.478 e. The van der Waals surface area contributed by atoms with Gasteiger partial charge in [-0.25, -0.2) is 22.0 Å². The lowest BCUT2D eigenvalue weighted by atomic mass is 10.2.